The van der Waals surface area contributed by atoms with Crippen molar-refractivity contribution in [1.29, 1.82) is 5.26 Å². The van der Waals surface area contributed by atoms with Crippen LogP contribution < -0.4 is 4.90 Å². The number of halogens is 3. The summed E-state index contributed by atoms with van der Waals surface area (Å²) in [6, 6.07) is 4.84. The molecule has 0 saturated heterocycles. The summed E-state index contributed by atoms with van der Waals surface area (Å²) in [5, 5.41) is 8.84. The van der Waals surface area contributed by atoms with Crippen molar-refractivity contribution in [2.45, 2.75) is 19.5 Å². The molecule has 92 valence electrons. The summed E-state index contributed by atoms with van der Waals surface area (Å²) in [7, 11) is 0. The number of rotatable bonds is 4. The van der Waals surface area contributed by atoms with Crippen molar-refractivity contribution >= 4 is 5.82 Å². The van der Waals surface area contributed by atoms with Crippen LogP contribution in [-0.4, -0.2) is 24.2 Å². The zero-order valence-electron chi connectivity index (χ0n) is 9.33. The first kappa shape index (κ1) is 13.3. The molecule has 0 N–H and O–H groups in total. The minimum atomic E-state index is -4.31. The summed E-state index contributed by atoms with van der Waals surface area (Å²) in [5.74, 6) is 0.0918. The SMILES string of the molecule is CCCN(CC(F)(F)F)c1ncccc1C#N. The zero-order valence-corrected chi connectivity index (χ0v) is 9.33. The molecule has 0 atom stereocenters. The molecule has 1 aromatic rings. The minimum absolute atomic E-state index is 0.0918. The monoisotopic (exact) mass is 243 g/mol. The van der Waals surface area contributed by atoms with Gasteiger partial charge in [-0.25, -0.2) is 4.98 Å². The number of hydrogen-bond acceptors (Lipinski definition) is 3. The van der Waals surface area contributed by atoms with Crippen LogP contribution >= 0.6 is 0 Å². The molecule has 1 heterocycles. The second-order valence-corrected chi connectivity index (χ2v) is 3.52. The van der Waals surface area contributed by atoms with E-state index in [-0.39, 0.29) is 17.9 Å². The van der Waals surface area contributed by atoms with Gasteiger partial charge in [0.25, 0.3) is 0 Å². The summed E-state index contributed by atoms with van der Waals surface area (Å²) >= 11 is 0. The van der Waals surface area contributed by atoms with E-state index in [4.69, 9.17) is 5.26 Å². The fraction of sp³-hybridized carbons (Fsp3) is 0.455. The van der Waals surface area contributed by atoms with Crippen LogP contribution in [0, 0.1) is 11.3 Å². The molecule has 0 aliphatic heterocycles. The number of nitriles is 1. The van der Waals surface area contributed by atoms with Crippen LogP contribution in [0.25, 0.3) is 0 Å². The lowest BCUT2D eigenvalue weighted by Gasteiger charge is -2.24. The first-order valence-corrected chi connectivity index (χ1v) is 5.14. The highest BCUT2D eigenvalue weighted by Crippen LogP contribution is 2.23. The van der Waals surface area contributed by atoms with Crippen LogP contribution in [-0.2, 0) is 0 Å². The fourth-order valence-corrected chi connectivity index (χ4v) is 1.48. The summed E-state index contributed by atoms with van der Waals surface area (Å²) in [6.45, 7) is 0.899. The van der Waals surface area contributed by atoms with Crippen molar-refractivity contribution in [3.05, 3.63) is 23.9 Å². The molecule has 0 saturated carbocycles. The van der Waals surface area contributed by atoms with Crippen LogP contribution in [0.5, 0.6) is 0 Å². The average Bonchev–Trinajstić information content (AvgIpc) is 2.27. The van der Waals surface area contributed by atoms with E-state index in [0.717, 1.165) is 4.90 Å². The van der Waals surface area contributed by atoms with Gasteiger partial charge in [-0.2, -0.15) is 18.4 Å². The van der Waals surface area contributed by atoms with Crippen LogP contribution in [0.1, 0.15) is 18.9 Å². The van der Waals surface area contributed by atoms with Gasteiger partial charge < -0.3 is 4.90 Å². The molecular weight excluding hydrogens is 231 g/mol. The number of pyridine rings is 1. The molecular formula is C11H12F3N3. The van der Waals surface area contributed by atoms with Crippen molar-refractivity contribution in [3.63, 3.8) is 0 Å². The van der Waals surface area contributed by atoms with Gasteiger partial charge in [0, 0.05) is 12.7 Å². The molecule has 0 unspecified atom stereocenters. The highest BCUT2D eigenvalue weighted by atomic mass is 19.4. The summed E-state index contributed by atoms with van der Waals surface area (Å²) < 4.78 is 37.2. The van der Waals surface area contributed by atoms with Crippen molar-refractivity contribution in [3.8, 4) is 6.07 Å². The standard InChI is InChI=1S/C11H12F3N3/c1-2-6-17(8-11(12,13)14)10-9(7-15)4-3-5-16-10/h3-5H,2,6,8H2,1H3. The summed E-state index contributed by atoms with van der Waals surface area (Å²) in [6.07, 6.45) is -2.37. The third-order valence-electron chi connectivity index (χ3n) is 2.07. The highest BCUT2D eigenvalue weighted by Gasteiger charge is 2.31. The number of aromatic nitrogens is 1. The fourth-order valence-electron chi connectivity index (χ4n) is 1.48. The van der Waals surface area contributed by atoms with E-state index in [1.54, 1.807) is 6.92 Å². The molecule has 1 aromatic heterocycles. The highest BCUT2D eigenvalue weighted by molar-refractivity contribution is 5.53. The van der Waals surface area contributed by atoms with Gasteiger partial charge in [-0.1, -0.05) is 6.92 Å². The zero-order chi connectivity index (χ0) is 12.9. The van der Waals surface area contributed by atoms with Crippen molar-refractivity contribution < 1.29 is 13.2 Å². The van der Waals surface area contributed by atoms with Crippen LogP contribution in [0.3, 0.4) is 0 Å². The Labute approximate surface area is 97.5 Å². The van der Waals surface area contributed by atoms with Crippen LogP contribution in [0.4, 0.5) is 19.0 Å². The number of nitrogens with zero attached hydrogens (tertiary/aromatic N) is 3. The van der Waals surface area contributed by atoms with E-state index >= 15 is 0 Å². The molecule has 17 heavy (non-hydrogen) atoms. The Bertz CT molecular complexity index is 409. The summed E-state index contributed by atoms with van der Waals surface area (Å²) in [4.78, 5) is 4.94. The Morgan fingerprint density at radius 3 is 2.71 bits per heavy atom. The smallest absolute Gasteiger partial charge is 0.346 e. The molecule has 3 nitrogen and oxygen atoms in total. The van der Waals surface area contributed by atoms with Crippen LogP contribution in [0.15, 0.2) is 18.3 Å². The van der Waals surface area contributed by atoms with E-state index in [9.17, 15) is 13.2 Å². The molecule has 1 rings (SSSR count). The van der Waals surface area contributed by atoms with Crippen LogP contribution in [0.2, 0.25) is 0 Å². The van der Waals surface area contributed by atoms with E-state index in [0.29, 0.717) is 6.42 Å². The van der Waals surface area contributed by atoms with Crippen molar-refractivity contribution in [1.82, 2.24) is 4.98 Å². The van der Waals surface area contributed by atoms with Crippen molar-refractivity contribution in [2.24, 2.45) is 0 Å². The summed E-state index contributed by atoms with van der Waals surface area (Å²) in [5.41, 5.74) is 0.158. The first-order valence-electron chi connectivity index (χ1n) is 5.14. The maximum atomic E-state index is 12.4. The predicted molar refractivity (Wildman–Crippen MR) is 57.5 cm³/mol. The van der Waals surface area contributed by atoms with E-state index < -0.39 is 12.7 Å². The second kappa shape index (κ2) is 5.53. The number of alkyl halides is 3. The molecule has 6 heteroatoms. The predicted octanol–water partition coefficient (Wildman–Crippen LogP) is 2.73. The van der Waals surface area contributed by atoms with Gasteiger partial charge in [0.15, 0.2) is 0 Å². The third kappa shape index (κ3) is 3.94. The first-order chi connectivity index (χ1) is 7.98. The van der Waals surface area contributed by atoms with Gasteiger partial charge >= 0.3 is 6.18 Å². The lowest BCUT2D eigenvalue weighted by molar-refractivity contribution is -0.119. The minimum Gasteiger partial charge on any atom is -0.346 e. The van der Waals surface area contributed by atoms with Gasteiger partial charge in [0.1, 0.15) is 18.4 Å². The Hall–Kier alpha value is -1.77. The van der Waals surface area contributed by atoms with Gasteiger partial charge in [-0.05, 0) is 18.6 Å². The van der Waals surface area contributed by atoms with E-state index in [1.165, 1.54) is 18.3 Å². The molecule has 0 bridgehead atoms. The molecule has 0 fully saturated rings. The lowest BCUT2D eigenvalue weighted by Crippen LogP contribution is -2.35. The normalized spacial score (nSPS) is 11.0. The largest absolute Gasteiger partial charge is 0.405 e. The Morgan fingerprint density at radius 1 is 1.47 bits per heavy atom. The van der Waals surface area contributed by atoms with Gasteiger partial charge in [-0.15, -0.1) is 0 Å². The molecule has 0 spiro atoms. The average molecular weight is 243 g/mol. The second-order valence-electron chi connectivity index (χ2n) is 3.52. The van der Waals surface area contributed by atoms with Gasteiger partial charge in [0.2, 0.25) is 0 Å². The third-order valence-corrected chi connectivity index (χ3v) is 2.07. The van der Waals surface area contributed by atoms with E-state index in [2.05, 4.69) is 4.98 Å². The Kier molecular flexibility index (Phi) is 4.32. The topological polar surface area (TPSA) is 39.9 Å². The maximum Gasteiger partial charge on any atom is 0.405 e. The number of hydrogen-bond donors (Lipinski definition) is 0. The molecule has 0 aromatic carbocycles. The number of anilines is 1. The van der Waals surface area contributed by atoms with Gasteiger partial charge in [-0.3, -0.25) is 0 Å². The molecule has 0 amide bonds. The van der Waals surface area contributed by atoms with Gasteiger partial charge in [0.05, 0.1) is 5.56 Å². The molecule has 0 aliphatic rings. The molecule has 0 aliphatic carbocycles. The van der Waals surface area contributed by atoms with Crippen molar-refractivity contribution in [2.75, 3.05) is 18.0 Å². The quantitative estimate of drug-likeness (QED) is 0.816. The Balaban J connectivity index is 3.01. The lowest BCUT2D eigenvalue weighted by atomic mass is 10.2. The maximum absolute atomic E-state index is 12.4. The Morgan fingerprint density at radius 2 is 2.18 bits per heavy atom. The molecule has 0 radical (unpaired) electrons. The van der Waals surface area contributed by atoms with E-state index in [1.807, 2.05) is 6.07 Å².